The second kappa shape index (κ2) is 6.83. The van der Waals surface area contributed by atoms with Crippen LogP contribution in [-0.4, -0.2) is 49.0 Å². The van der Waals surface area contributed by atoms with Gasteiger partial charge < -0.3 is 4.90 Å². The Labute approximate surface area is 149 Å². The van der Waals surface area contributed by atoms with Crippen LogP contribution in [0.25, 0.3) is 11.3 Å². The number of rotatable bonds is 2. The summed E-state index contributed by atoms with van der Waals surface area (Å²) >= 11 is 0. The number of carbonyl (C=O) groups excluding carboxylic acids is 1. The third-order valence-electron chi connectivity index (χ3n) is 4.42. The summed E-state index contributed by atoms with van der Waals surface area (Å²) in [5.74, 6) is -0.201. The molecule has 3 aromatic rings. The number of H-pyrrole nitrogens is 1. The molecule has 0 atom stereocenters. The van der Waals surface area contributed by atoms with Crippen molar-refractivity contribution in [2.24, 2.45) is 0 Å². The first-order valence-corrected chi connectivity index (χ1v) is 8.30. The van der Waals surface area contributed by atoms with Gasteiger partial charge in [0.15, 0.2) is 0 Å². The first kappa shape index (κ1) is 16.1. The molecule has 26 heavy (non-hydrogen) atoms. The van der Waals surface area contributed by atoms with Crippen LogP contribution in [-0.2, 0) is 12.8 Å². The molecule has 1 amide bonds. The van der Waals surface area contributed by atoms with Crippen LogP contribution >= 0.6 is 0 Å². The minimum Gasteiger partial charge on any atom is -0.337 e. The van der Waals surface area contributed by atoms with Gasteiger partial charge in [-0.15, -0.1) is 0 Å². The quantitative estimate of drug-likeness (QED) is 0.736. The predicted molar refractivity (Wildman–Crippen MR) is 93.4 cm³/mol. The third-order valence-corrected chi connectivity index (χ3v) is 4.42. The van der Waals surface area contributed by atoms with Crippen LogP contribution in [0, 0.1) is 0 Å². The van der Waals surface area contributed by atoms with Crippen molar-refractivity contribution >= 4 is 5.91 Å². The Kier molecular flexibility index (Phi) is 4.22. The molecule has 0 fully saturated rings. The van der Waals surface area contributed by atoms with Crippen LogP contribution in [0.1, 0.15) is 21.7 Å². The van der Waals surface area contributed by atoms with Crippen LogP contribution in [0.3, 0.4) is 0 Å². The SMILES string of the molecule is O=C(c1ccc(=O)[nH]n1)N1CCc2ncnc(-c3ccncc3)c2CC1. The Balaban J connectivity index is 1.61. The molecule has 0 aliphatic carbocycles. The molecule has 4 heterocycles. The van der Waals surface area contributed by atoms with Gasteiger partial charge in [0, 0.05) is 54.8 Å². The summed E-state index contributed by atoms with van der Waals surface area (Å²) < 4.78 is 0. The molecule has 0 saturated heterocycles. The highest BCUT2D eigenvalue weighted by Gasteiger charge is 2.23. The molecule has 1 aliphatic heterocycles. The van der Waals surface area contributed by atoms with Gasteiger partial charge in [0.25, 0.3) is 11.5 Å². The van der Waals surface area contributed by atoms with Crippen molar-refractivity contribution < 1.29 is 4.79 Å². The molecule has 0 aromatic carbocycles. The van der Waals surface area contributed by atoms with E-state index in [9.17, 15) is 9.59 Å². The van der Waals surface area contributed by atoms with E-state index in [1.165, 1.54) is 12.1 Å². The van der Waals surface area contributed by atoms with Crippen LogP contribution in [0.4, 0.5) is 0 Å². The average molecular weight is 348 g/mol. The molecule has 1 N–H and O–H groups in total. The molecule has 1 aliphatic rings. The largest absolute Gasteiger partial charge is 0.337 e. The van der Waals surface area contributed by atoms with E-state index in [0.717, 1.165) is 22.5 Å². The predicted octanol–water partition coefficient (Wildman–Crippen LogP) is 0.863. The van der Waals surface area contributed by atoms with E-state index in [1.807, 2.05) is 12.1 Å². The van der Waals surface area contributed by atoms with Gasteiger partial charge in [-0.2, -0.15) is 5.10 Å². The van der Waals surface area contributed by atoms with Crippen molar-refractivity contribution in [1.29, 1.82) is 0 Å². The number of aromatic amines is 1. The lowest BCUT2D eigenvalue weighted by atomic mass is 10.0. The minimum absolute atomic E-state index is 0.201. The van der Waals surface area contributed by atoms with Crippen molar-refractivity contribution in [1.82, 2.24) is 30.0 Å². The Morgan fingerprint density at radius 3 is 2.62 bits per heavy atom. The van der Waals surface area contributed by atoms with Crippen LogP contribution in [0.15, 0.2) is 47.8 Å². The van der Waals surface area contributed by atoms with E-state index in [1.54, 1.807) is 23.6 Å². The molecule has 8 nitrogen and oxygen atoms in total. The maximum atomic E-state index is 12.7. The number of nitrogens with zero attached hydrogens (tertiary/aromatic N) is 5. The van der Waals surface area contributed by atoms with Gasteiger partial charge in [0.1, 0.15) is 12.0 Å². The van der Waals surface area contributed by atoms with Crippen LogP contribution < -0.4 is 5.56 Å². The monoisotopic (exact) mass is 348 g/mol. The number of hydrogen-bond acceptors (Lipinski definition) is 6. The Morgan fingerprint density at radius 1 is 1.04 bits per heavy atom. The zero-order valence-corrected chi connectivity index (χ0v) is 13.9. The molecule has 8 heteroatoms. The number of fused-ring (bicyclic) bond motifs is 1. The summed E-state index contributed by atoms with van der Waals surface area (Å²) in [6.07, 6.45) is 6.33. The second-order valence-electron chi connectivity index (χ2n) is 5.98. The fourth-order valence-corrected chi connectivity index (χ4v) is 3.11. The first-order chi connectivity index (χ1) is 12.7. The number of amides is 1. The van der Waals surface area contributed by atoms with Crippen LogP contribution in [0.5, 0.6) is 0 Å². The molecule has 3 aromatic heterocycles. The summed E-state index contributed by atoms with van der Waals surface area (Å²) in [6.45, 7) is 1.08. The van der Waals surface area contributed by atoms with E-state index >= 15 is 0 Å². The normalized spacial score (nSPS) is 13.8. The van der Waals surface area contributed by atoms with Gasteiger partial charge >= 0.3 is 0 Å². The maximum absolute atomic E-state index is 12.7. The van der Waals surface area contributed by atoms with Crippen molar-refractivity contribution in [3.8, 4) is 11.3 Å². The molecule has 130 valence electrons. The van der Waals surface area contributed by atoms with E-state index in [0.29, 0.717) is 25.9 Å². The van der Waals surface area contributed by atoms with Gasteiger partial charge in [-0.05, 0) is 24.6 Å². The Bertz CT molecular complexity index is 982. The summed E-state index contributed by atoms with van der Waals surface area (Å²) in [4.78, 5) is 38.4. The van der Waals surface area contributed by atoms with E-state index in [4.69, 9.17) is 0 Å². The van der Waals surface area contributed by atoms with Gasteiger partial charge in [0.05, 0.1) is 5.69 Å². The average Bonchev–Trinajstić information content (AvgIpc) is 2.91. The smallest absolute Gasteiger partial charge is 0.274 e. The third kappa shape index (κ3) is 3.08. The van der Waals surface area contributed by atoms with E-state index < -0.39 is 0 Å². The minimum atomic E-state index is -0.331. The molecule has 0 bridgehead atoms. The number of hydrogen-bond donors (Lipinski definition) is 1. The lowest BCUT2D eigenvalue weighted by Gasteiger charge is -2.19. The van der Waals surface area contributed by atoms with Gasteiger partial charge in [-0.25, -0.2) is 15.1 Å². The highest BCUT2D eigenvalue weighted by Crippen LogP contribution is 2.25. The molecule has 0 radical (unpaired) electrons. The first-order valence-electron chi connectivity index (χ1n) is 8.30. The van der Waals surface area contributed by atoms with Crippen molar-refractivity contribution in [3.05, 3.63) is 70.3 Å². The fourth-order valence-electron chi connectivity index (χ4n) is 3.11. The lowest BCUT2D eigenvalue weighted by molar-refractivity contribution is 0.0755. The van der Waals surface area contributed by atoms with Crippen molar-refractivity contribution in [2.45, 2.75) is 12.8 Å². The van der Waals surface area contributed by atoms with E-state index in [2.05, 4.69) is 25.1 Å². The second-order valence-corrected chi connectivity index (χ2v) is 5.98. The molecule has 0 saturated carbocycles. The zero-order valence-electron chi connectivity index (χ0n) is 13.9. The van der Waals surface area contributed by atoms with Gasteiger partial charge in [-0.1, -0.05) is 0 Å². The van der Waals surface area contributed by atoms with Crippen molar-refractivity contribution in [2.75, 3.05) is 13.1 Å². The highest BCUT2D eigenvalue weighted by molar-refractivity contribution is 5.92. The maximum Gasteiger partial charge on any atom is 0.274 e. The number of pyridine rings is 1. The Hall–Kier alpha value is -3.42. The lowest BCUT2D eigenvalue weighted by Crippen LogP contribution is -2.34. The summed E-state index contributed by atoms with van der Waals surface area (Å²) in [6, 6.07) is 6.59. The highest BCUT2D eigenvalue weighted by atomic mass is 16.2. The Morgan fingerprint density at radius 2 is 1.85 bits per heavy atom. The number of aromatic nitrogens is 5. The van der Waals surface area contributed by atoms with Crippen LogP contribution in [0.2, 0.25) is 0 Å². The molecule has 0 unspecified atom stereocenters. The van der Waals surface area contributed by atoms with Gasteiger partial charge in [-0.3, -0.25) is 14.6 Å². The molecule has 0 spiro atoms. The summed E-state index contributed by atoms with van der Waals surface area (Å²) in [7, 11) is 0. The summed E-state index contributed by atoms with van der Waals surface area (Å²) in [5, 5.41) is 6.14. The standard InChI is InChI=1S/C18H16N6O2/c25-16-2-1-15(22-23-16)18(26)24-9-5-13-14(6-10-24)20-11-21-17(13)12-3-7-19-8-4-12/h1-4,7-8,11H,5-6,9-10H2,(H,23,25). The molecular weight excluding hydrogens is 332 g/mol. The zero-order chi connectivity index (χ0) is 17.9. The number of nitrogens with one attached hydrogen (secondary N) is 1. The molecule has 4 rings (SSSR count). The fraction of sp³-hybridized carbons (Fsp3) is 0.222. The summed E-state index contributed by atoms with van der Waals surface area (Å²) in [5.41, 5.74) is 3.78. The number of carbonyl (C=O) groups is 1. The van der Waals surface area contributed by atoms with Gasteiger partial charge in [0.2, 0.25) is 0 Å². The topological polar surface area (TPSA) is 105 Å². The molecular formula is C18H16N6O2. The van der Waals surface area contributed by atoms with Crippen molar-refractivity contribution in [3.63, 3.8) is 0 Å². The van der Waals surface area contributed by atoms with E-state index in [-0.39, 0.29) is 17.2 Å².